The minimum Gasteiger partial charge on any atom is -0.394 e. The lowest BCUT2D eigenvalue weighted by Gasteiger charge is -2.46. The highest BCUT2D eigenvalue weighted by Crippen LogP contribution is 2.30. The Hall–Kier alpha value is -2.57. The molecule has 0 aliphatic carbocycles. The van der Waals surface area contributed by atoms with Crippen LogP contribution >= 0.6 is 0 Å². The van der Waals surface area contributed by atoms with Gasteiger partial charge in [-0.25, -0.2) is 0 Å². The van der Waals surface area contributed by atoms with Crippen molar-refractivity contribution in [1.29, 1.82) is 0 Å². The lowest BCUT2D eigenvalue weighted by Crippen LogP contribution is -2.65. The van der Waals surface area contributed by atoms with Crippen molar-refractivity contribution in [3.63, 3.8) is 0 Å². The van der Waals surface area contributed by atoms with Crippen LogP contribution in [-0.2, 0) is 23.7 Å². The van der Waals surface area contributed by atoms with E-state index in [9.17, 15) is 45.6 Å². The quantitative estimate of drug-likeness (QED) is 0.0204. The molecule has 2 rings (SSSR count). The number of carbonyl (C=O) groups is 1. The van der Waals surface area contributed by atoms with Crippen LogP contribution in [0.4, 0.5) is 0 Å². The number of nitrogens with one attached hydrogen (secondary N) is 1. The fraction of sp³-hybridized carbons (Fsp3) is 0.824. The van der Waals surface area contributed by atoms with Gasteiger partial charge in [0.1, 0.15) is 48.8 Å². The lowest BCUT2D eigenvalue weighted by atomic mass is 9.97. The Balaban J connectivity index is 1.57. The van der Waals surface area contributed by atoms with Gasteiger partial charge in [-0.05, 0) is 70.6 Å². The molecule has 2 fully saturated rings. The Kier molecular flexibility index (Phi) is 54.0. The monoisotopic (exact) mass is 1240 g/mol. The predicted molar refractivity (Wildman–Crippen MR) is 360 cm³/mol. The summed E-state index contributed by atoms with van der Waals surface area (Å²) in [5.74, 6) is -0.246. The smallest absolute Gasteiger partial charge is 0.220 e. The third kappa shape index (κ3) is 41.8. The summed E-state index contributed by atoms with van der Waals surface area (Å²) in [6, 6.07) is -0.931. The maximum absolute atomic E-state index is 13.3. The SMILES string of the molecule is CC/C=C\C/C=C\C/C=C\C/C=C\CCCCCCCCCCCCCCCCCCCCCCCCCCCCC(=O)NC(COC1OC(CO)C(OC2OC(CO)C(O)C(O)C2O)C(O)C1O)C(O)/C=C/CC/C=C/CCCCCCCCCCC. The molecule has 12 unspecified atom stereocenters. The average molecular weight is 1240 g/mol. The number of aliphatic hydroxyl groups excluding tert-OH is 8. The Bertz CT molecular complexity index is 1750. The van der Waals surface area contributed by atoms with Crippen LogP contribution in [0.3, 0.4) is 0 Å². The number of allylic oxidation sites excluding steroid dienone is 11. The molecule has 2 aliphatic heterocycles. The zero-order chi connectivity index (χ0) is 63.8. The van der Waals surface area contributed by atoms with Gasteiger partial charge < -0.3 is 65.1 Å². The van der Waals surface area contributed by atoms with E-state index in [1.54, 1.807) is 6.08 Å². The number of amides is 1. The van der Waals surface area contributed by atoms with E-state index in [-0.39, 0.29) is 18.9 Å². The highest BCUT2D eigenvalue weighted by Gasteiger charge is 2.51. The van der Waals surface area contributed by atoms with E-state index in [2.05, 4.69) is 79.9 Å². The van der Waals surface area contributed by atoms with Crippen LogP contribution in [0.5, 0.6) is 0 Å². The van der Waals surface area contributed by atoms with Gasteiger partial charge in [-0.3, -0.25) is 4.79 Å². The van der Waals surface area contributed by atoms with Crippen molar-refractivity contribution in [1.82, 2.24) is 5.32 Å². The van der Waals surface area contributed by atoms with Crippen LogP contribution < -0.4 is 5.32 Å². The van der Waals surface area contributed by atoms with E-state index in [0.717, 1.165) is 57.8 Å². The van der Waals surface area contributed by atoms with E-state index >= 15 is 0 Å². The van der Waals surface area contributed by atoms with Gasteiger partial charge in [-0.2, -0.15) is 0 Å². The molecule has 2 saturated heterocycles. The van der Waals surface area contributed by atoms with Gasteiger partial charge in [0.2, 0.25) is 5.91 Å². The maximum atomic E-state index is 13.3. The molecule has 512 valence electrons. The number of aliphatic hydroxyl groups is 8. The van der Waals surface area contributed by atoms with Gasteiger partial charge in [0.25, 0.3) is 0 Å². The first kappa shape index (κ1) is 81.5. The molecule has 12 atom stereocenters. The number of unbranched alkanes of at least 4 members (excludes halogenated alkanes) is 36. The third-order valence-electron chi connectivity index (χ3n) is 17.4. The predicted octanol–water partition coefficient (Wildman–Crippen LogP) is 15.0. The Morgan fingerprint density at radius 1 is 0.420 bits per heavy atom. The minimum absolute atomic E-state index is 0.246. The zero-order valence-corrected chi connectivity index (χ0v) is 55.7. The molecular formula is C74H133NO13. The molecule has 2 heterocycles. The maximum Gasteiger partial charge on any atom is 0.220 e. The molecule has 0 spiro atoms. The summed E-state index contributed by atoms with van der Waals surface area (Å²) >= 11 is 0. The molecular weight excluding hydrogens is 1110 g/mol. The van der Waals surface area contributed by atoms with Crippen molar-refractivity contribution in [2.75, 3.05) is 19.8 Å². The molecule has 0 saturated carbocycles. The van der Waals surface area contributed by atoms with E-state index in [0.29, 0.717) is 12.8 Å². The van der Waals surface area contributed by atoms with E-state index in [4.69, 9.17) is 18.9 Å². The number of rotatable bonds is 59. The lowest BCUT2D eigenvalue weighted by molar-refractivity contribution is -0.359. The fourth-order valence-corrected chi connectivity index (χ4v) is 11.7. The number of ether oxygens (including phenoxy) is 4. The minimum atomic E-state index is -1.79. The molecule has 0 aromatic rings. The molecule has 14 heteroatoms. The molecule has 14 nitrogen and oxygen atoms in total. The third-order valence-corrected chi connectivity index (χ3v) is 17.4. The van der Waals surface area contributed by atoms with Crippen molar-refractivity contribution >= 4 is 5.91 Å². The Morgan fingerprint density at radius 3 is 1.25 bits per heavy atom. The standard InChI is InChI=1S/C74H133NO13/c1-3-5-7-9-11-13-15-17-19-20-21-22-23-24-25-26-27-28-29-30-31-32-33-34-35-36-37-38-39-40-41-42-44-46-48-50-52-54-56-58-66(79)75-62(63(78)57-55-53-51-49-47-45-43-18-16-14-12-10-8-6-4-2)61-85-73-71(84)69(82)72(65(60-77)87-73)88-74-70(83)68(81)67(80)64(59-76)86-74/h5,7,11,13,17,19,21-22,47,49,55,57,62-65,67-74,76-78,80-84H,3-4,6,8-10,12,14-16,18,20,23-46,48,50-54,56,58-61H2,1-2H3,(H,75,79)/b7-5-,13-11-,19-17-,22-21-,49-47+,57-55+. The first-order valence-corrected chi connectivity index (χ1v) is 36.2. The van der Waals surface area contributed by atoms with E-state index < -0.39 is 86.8 Å². The summed E-state index contributed by atoms with van der Waals surface area (Å²) in [6.07, 6.45) is 62.8. The van der Waals surface area contributed by atoms with Crippen LogP contribution in [0.1, 0.15) is 296 Å². The van der Waals surface area contributed by atoms with Crippen LogP contribution in [0, 0.1) is 0 Å². The van der Waals surface area contributed by atoms with Gasteiger partial charge in [0.05, 0.1) is 32.0 Å². The van der Waals surface area contributed by atoms with E-state index in [1.807, 2.05) is 6.08 Å². The molecule has 9 N–H and O–H groups in total. The summed E-state index contributed by atoms with van der Waals surface area (Å²) in [5, 5.41) is 87.3. The van der Waals surface area contributed by atoms with Gasteiger partial charge in [0.15, 0.2) is 12.6 Å². The molecule has 88 heavy (non-hydrogen) atoms. The summed E-state index contributed by atoms with van der Waals surface area (Å²) in [5.41, 5.74) is 0. The average Bonchev–Trinajstić information content (AvgIpc) is 2.99. The fourth-order valence-electron chi connectivity index (χ4n) is 11.7. The normalized spacial score (nSPS) is 23.6. The summed E-state index contributed by atoms with van der Waals surface area (Å²) in [7, 11) is 0. The molecule has 0 radical (unpaired) electrons. The Labute approximate surface area is 536 Å². The van der Waals surface area contributed by atoms with Gasteiger partial charge in [-0.15, -0.1) is 0 Å². The van der Waals surface area contributed by atoms with Crippen LogP contribution in [-0.4, -0.2) is 140 Å². The molecule has 0 aromatic carbocycles. The highest BCUT2D eigenvalue weighted by atomic mass is 16.7. The van der Waals surface area contributed by atoms with Crippen molar-refractivity contribution in [2.45, 2.75) is 370 Å². The van der Waals surface area contributed by atoms with Gasteiger partial charge in [0, 0.05) is 6.42 Å². The number of hydrogen-bond acceptors (Lipinski definition) is 13. The molecule has 2 aliphatic rings. The molecule has 1 amide bonds. The van der Waals surface area contributed by atoms with Crippen molar-refractivity contribution in [3.05, 3.63) is 72.9 Å². The molecule has 0 bridgehead atoms. The summed E-state index contributed by atoms with van der Waals surface area (Å²) < 4.78 is 22.8. The van der Waals surface area contributed by atoms with E-state index in [1.165, 1.54) is 205 Å². The summed E-state index contributed by atoms with van der Waals surface area (Å²) in [6.45, 7) is 2.68. The van der Waals surface area contributed by atoms with Gasteiger partial charge in [-0.1, -0.05) is 292 Å². The largest absolute Gasteiger partial charge is 0.394 e. The highest BCUT2D eigenvalue weighted by molar-refractivity contribution is 5.76. The first-order chi connectivity index (χ1) is 43.1. The van der Waals surface area contributed by atoms with Crippen LogP contribution in [0.2, 0.25) is 0 Å². The zero-order valence-electron chi connectivity index (χ0n) is 55.7. The topological polar surface area (TPSA) is 228 Å². The van der Waals surface area contributed by atoms with Gasteiger partial charge >= 0.3 is 0 Å². The Morgan fingerprint density at radius 2 is 0.795 bits per heavy atom. The number of carbonyl (C=O) groups excluding carboxylic acids is 1. The van der Waals surface area contributed by atoms with Crippen molar-refractivity contribution in [3.8, 4) is 0 Å². The summed E-state index contributed by atoms with van der Waals surface area (Å²) in [4.78, 5) is 13.3. The second kappa shape index (κ2) is 58.3. The van der Waals surface area contributed by atoms with Crippen molar-refractivity contribution in [2.24, 2.45) is 0 Å². The van der Waals surface area contributed by atoms with Crippen LogP contribution in [0.25, 0.3) is 0 Å². The second-order valence-electron chi connectivity index (χ2n) is 25.3. The second-order valence-corrected chi connectivity index (χ2v) is 25.3. The van der Waals surface area contributed by atoms with Crippen LogP contribution in [0.15, 0.2) is 72.9 Å². The number of hydrogen-bond donors (Lipinski definition) is 9. The van der Waals surface area contributed by atoms with Crippen molar-refractivity contribution < 1.29 is 64.6 Å². The molecule has 0 aromatic heterocycles. The first-order valence-electron chi connectivity index (χ1n) is 36.2.